The molecule has 1 heterocycles. The monoisotopic (exact) mass is 251 g/mol. The molecule has 0 amide bonds. The fourth-order valence-corrected chi connectivity index (χ4v) is 1.94. The van der Waals surface area contributed by atoms with Gasteiger partial charge in [0, 0.05) is 17.0 Å². The first-order valence-electron chi connectivity index (χ1n) is 6.08. The molecule has 3 rings (SSSR count). The third-order valence-corrected chi connectivity index (χ3v) is 2.95. The Labute approximate surface area is 110 Å². The lowest BCUT2D eigenvalue weighted by Gasteiger charge is -2.07. The molecule has 0 bridgehead atoms. The molecule has 3 nitrogen and oxygen atoms in total. The van der Waals surface area contributed by atoms with Gasteiger partial charge in [0.2, 0.25) is 5.56 Å². The molecule has 3 aromatic rings. The molecule has 0 spiro atoms. The van der Waals surface area contributed by atoms with Crippen LogP contribution in [0.3, 0.4) is 0 Å². The third kappa shape index (κ3) is 2.50. The van der Waals surface area contributed by atoms with E-state index in [0.29, 0.717) is 0 Å². The largest absolute Gasteiger partial charge is 0.457 e. The van der Waals surface area contributed by atoms with E-state index in [4.69, 9.17) is 4.74 Å². The van der Waals surface area contributed by atoms with Gasteiger partial charge < -0.3 is 9.72 Å². The van der Waals surface area contributed by atoms with E-state index in [1.165, 1.54) is 11.6 Å². The lowest BCUT2D eigenvalue weighted by Crippen LogP contribution is -2.01. The van der Waals surface area contributed by atoms with Gasteiger partial charge in [-0.25, -0.2) is 0 Å². The van der Waals surface area contributed by atoms with Crippen molar-refractivity contribution in [3.8, 4) is 11.5 Å². The number of nitrogens with one attached hydrogen (secondary N) is 1. The molecular weight excluding hydrogens is 238 g/mol. The molecule has 0 aliphatic carbocycles. The van der Waals surface area contributed by atoms with Crippen molar-refractivity contribution >= 4 is 10.9 Å². The van der Waals surface area contributed by atoms with Gasteiger partial charge in [0.25, 0.3) is 0 Å². The van der Waals surface area contributed by atoms with Crippen LogP contribution in [-0.4, -0.2) is 4.98 Å². The molecule has 94 valence electrons. The summed E-state index contributed by atoms with van der Waals surface area (Å²) in [5, 5.41) is 0.948. The van der Waals surface area contributed by atoms with Crippen molar-refractivity contribution in [3.63, 3.8) is 0 Å². The topological polar surface area (TPSA) is 42.1 Å². The summed E-state index contributed by atoms with van der Waals surface area (Å²) >= 11 is 0. The molecule has 0 unspecified atom stereocenters. The van der Waals surface area contributed by atoms with Crippen molar-refractivity contribution < 1.29 is 4.74 Å². The average Bonchev–Trinajstić information content (AvgIpc) is 2.42. The van der Waals surface area contributed by atoms with E-state index in [-0.39, 0.29) is 5.56 Å². The zero-order valence-corrected chi connectivity index (χ0v) is 10.5. The molecule has 0 saturated heterocycles. The molecule has 0 radical (unpaired) electrons. The van der Waals surface area contributed by atoms with E-state index in [1.54, 1.807) is 6.07 Å². The Hall–Kier alpha value is -2.55. The van der Waals surface area contributed by atoms with Gasteiger partial charge in [0.1, 0.15) is 11.5 Å². The molecule has 0 aliphatic heterocycles. The number of H-pyrrole nitrogens is 1. The average molecular weight is 251 g/mol. The maximum Gasteiger partial charge on any atom is 0.248 e. The van der Waals surface area contributed by atoms with E-state index in [0.717, 1.165) is 22.4 Å². The van der Waals surface area contributed by atoms with E-state index in [9.17, 15) is 4.79 Å². The van der Waals surface area contributed by atoms with Gasteiger partial charge in [-0.3, -0.25) is 4.79 Å². The second-order valence-corrected chi connectivity index (χ2v) is 4.49. The number of ether oxygens (including phenoxy) is 1. The first kappa shape index (κ1) is 11.5. The van der Waals surface area contributed by atoms with Crippen LogP contribution >= 0.6 is 0 Å². The number of hydrogen-bond acceptors (Lipinski definition) is 2. The Bertz CT molecular complexity index is 773. The van der Waals surface area contributed by atoms with Crippen LogP contribution in [0, 0.1) is 6.92 Å². The standard InChI is InChI=1S/C16H13NO2/c1-11-2-5-13(6-3-11)19-14-7-8-15-12(10-14)4-9-16(18)17-15/h2-10H,1H3,(H,17,18). The van der Waals surface area contributed by atoms with Gasteiger partial charge in [0.15, 0.2) is 0 Å². The molecule has 1 N–H and O–H groups in total. The van der Waals surface area contributed by atoms with Crippen LogP contribution in [0.15, 0.2) is 59.4 Å². The molecule has 1 aromatic heterocycles. The molecule has 0 aliphatic rings. The fourth-order valence-electron chi connectivity index (χ4n) is 1.94. The molecular formula is C16H13NO2. The molecule has 0 fully saturated rings. The SMILES string of the molecule is Cc1ccc(Oc2ccc3[nH]c(=O)ccc3c2)cc1. The van der Waals surface area contributed by atoms with Crippen LogP contribution in [0.4, 0.5) is 0 Å². The zero-order valence-electron chi connectivity index (χ0n) is 10.5. The summed E-state index contributed by atoms with van der Waals surface area (Å²) in [5.41, 5.74) is 1.91. The summed E-state index contributed by atoms with van der Waals surface area (Å²) in [4.78, 5) is 14.0. The van der Waals surface area contributed by atoms with Crippen molar-refractivity contribution in [1.82, 2.24) is 4.98 Å². The van der Waals surface area contributed by atoms with Gasteiger partial charge in [-0.2, -0.15) is 0 Å². The molecule has 0 atom stereocenters. The van der Waals surface area contributed by atoms with Crippen LogP contribution in [0.25, 0.3) is 10.9 Å². The minimum Gasteiger partial charge on any atom is -0.457 e. The highest BCUT2D eigenvalue weighted by molar-refractivity contribution is 5.79. The molecule has 0 saturated carbocycles. The van der Waals surface area contributed by atoms with Gasteiger partial charge >= 0.3 is 0 Å². The maximum atomic E-state index is 11.2. The zero-order chi connectivity index (χ0) is 13.2. The van der Waals surface area contributed by atoms with Gasteiger partial charge in [0.05, 0.1) is 0 Å². The number of aryl methyl sites for hydroxylation is 1. The quantitative estimate of drug-likeness (QED) is 0.755. The van der Waals surface area contributed by atoms with Gasteiger partial charge in [-0.15, -0.1) is 0 Å². The lowest BCUT2D eigenvalue weighted by atomic mass is 10.2. The second-order valence-electron chi connectivity index (χ2n) is 4.49. The predicted octanol–water partition coefficient (Wildman–Crippen LogP) is 3.63. The van der Waals surface area contributed by atoms with Gasteiger partial charge in [-0.1, -0.05) is 17.7 Å². The molecule has 19 heavy (non-hydrogen) atoms. The van der Waals surface area contributed by atoms with E-state index in [1.807, 2.05) is 49.4 Å². The Balaban J connectivity index is 1.95. The number of hydrogen-bond donors (Lipinski definition) is 1. The number of pyridine rings is 1. The second kappa shape index (κ2) is 4.61. The number of rotatable bonds is 2. The number of aromatic nitrogens is 1. The summed E-state index contributed by atoms with van der Waals surface area (Å²) in [5.74, 6) is 1.55. The van der Waals surface area contributed by atoms with Crippen molar-refractivity contribution in [1.29, 1.82) is 0 Å². The summed E-state index contributed by atoms with van der Waals surface area (Å²) in [6.07, 6.45) is 0. The van der Waals surface area contributed by atoms with E-state index in [2.05, 4.69) is 4.98 Å². The summed E-state index contributed by atoms with van der Waals surface area (Å²) in [7, 11) is 0. The summed E-state index contributed by atoms with van der Waals surface area (Å²) in [6, 6.07) is 16.8. The van der Waals surface area contributed by atoms with Crippen LogP contribution in [0.2, 0.25) is 0 Å². The third-order valence-electron chi connectivity index (χ3n) is 2.95. The Morgan fingerprint density at radius 2 is 1.63 bits per heavy atom. The number of fused-ring (bicyclic) bond motifs is 1. The number of aromatic amines is 1. The maximum absolute atomic E-state index is 11.2. The first-order valence-corrected chi connectivity index (χ1v) is 6.08. The van der Waals surface area contributed by atoms with Crippen molar-refractivity contribution in [2.24, 2.45) is 0 Å². The minimum absolute atomic E-state index is 0.0975. The molecule has 3 heteroatoms. The Morgan fingerprint density at radius 3 is 2.42 bits per heavy atom. The molecule has 2 aromatic carbocycles. The predicted molar refractivity (Wildman–Crippen MR) is 75.8 cm³/mol. The lowest BCUT2D eigenvalue weighted by molar-refractivity contribution is 0.483. The van der Waals surface area contributed by atoms with Gasteiger partial charge in [-0.05, 0) is 43.3 Å². The highest BCUT2D eigenvalue weighted by Gasteiger charge is 2.00. The van der Waals surface area contributed by atoms with Crippen LogP contribution in [-0.2, 0) is 0 Å². The van der Waals surface area contributed by atoms with Crippen LogP contribution < -0.4 is 10.3 Å². The summed E-state index contributed by atoms with van der Waals surface area (Å²) in [6.45, 7) is 2.04. The smallest absolute Gasteiger partial charge is 0.248 e. The highest BCUT2D eigenvalue weighted by atomic mass is 16.5. The number of benzene rings is 2. The fraction of sp³-hybridized carbons (Fsp3) is 0.0625. The van der Waals surface area contributed by atoms with Crippen LogP contribution in [0.5, 0.6) is 11.5 Å². The Kier molecular flexibility index (Phi) is 2.80. The Morgan fingerprint density at radius 1 is 0.895 bits per heavy atom. The van der Waals surface area contributed by atoms with Crippen molar-refractivity contribution in [3.05, 3.63) is 70.5 Å². The highest BCUT2D eigenvalue weighted by Crippen LogP contribution is 2.24. The normalized spacial score (nSPS) is 10.6. The van der Waals surface area contributed by atoms with E-state index >= 15 is 0 Å². The minimum atomic E-state index is -0.0975. The first-order chi connectivity index (χ1) is 9.20. The van der Waals surface area contributed by atoms with E-state index < -0.39 is 0 Å². The van der Waals surface area contributed by atoms with Crippen molar-refractivity contribution in [2.45, 2.75) is 6.92 Å². The van der Waals surface area contributed by atoms with Crippen molar-refractivity contribution in [2.75, 3.05) is 0 Å². The van der Waals surface area contributed by atoms with Crippen LogP contribution in [0.1, 0.15) is 5.56 Å². The summed E-state index contributed by atoms with van der Waals surface area (Å²) < 4.78 is 5.78.